The summed E-state index contributed by atoms with van der Waals surface area (Å²) in [5.41, 5.74) is -0.247. The van der Waals surface area contributed by atoms with Crippen LogP contribution in [0, 0.1) is 0 Å². The summed E-state index contributed by atoms with van der Waals surface area (Å²) in [6.07, 6.45) is -1.52. The number of nitrogens with zero attached hydrogens (tertiary/aromatic N) is 7. The molecule has 12 nitrogen and oxygen atoms in total. The highest BCUT2D eigenvalue weighted by atomic mass is 19.4. The zero-order valence-corrected chi connectivity index (χ0v) is 24.4. The van der Waals surface area contributed by atoms with Crippen LogP contribution in [0.25, 0.3) is 6.08 Å². The second-order valence-electron chi connectivity index (χ2n) is 10.7. The first-order valence-electron chi connectivity index (χ1n) is 13.8. The van der Waals surface area contributed by atoms with Crippen LogP contribution in [0.3, 0.4) is 0 Å². The van der Waals surface area contributed by atoms with Gasteiger partial charge in [0, 0.05) is 51.5 Å². The van der Waals surface area contributed by atoms with Crippen molar-refractivity contribution in [3.63, 3.8) is 0 Å². The molecule has 15 heteroatoms. The number of aromatic nitrogens is 2. The number of nitrogens with one attached hydrogen (secondary N) is 3. The number of hydrogen-bond donors (Lipinski definition) is 3. The van der Waals surface area contributed by atoms with Crippen LogP contribution in [0.4, 0.5) is 35.3 Å². The van der Waals surface area contributed by atoms with Crippen LogP contribution in [-0.4, -0.2) is 97.5 Å². The van der Waals surface area contributed by atoms with Crippen molar-refractivity contribution in [2.45, 2.75) is 65.5 Å². The number of alkyl carbamates (subject to hydrolysis) is 1. The predicted octanol–water partition coefficient (Wildman–Crippen LogP) is 3.64. The Balaban J connectivity index is 2.02. The molecule has 1 aromatic heterocycles. The minimum atomic E-state index is -4.45. The Morgan fingerprint density at radius 3 is 2.41 bits per heavy atom. The molecule has 1 aromatic rings. The van der Waals surface area contributed by atoms with Gasteiger partial charge in [-0.05, 0) is 40.3 Å². The standard InChI is InChI=1S/C26H41F3N10O2/c1-7-13-37(14-8-2)20-19-21(39(17-26(27,28)29)23(35-19)38-15-11-31-12-16-38)34-18(33-20)9-10-32-22(30-6)36-24(40)41-25(3,4)5/h9-10,23,31,35H,6-8,11-17H2,1-5H3,(H,32,36,40)/b10-9+. The first-order valence-corrected chi connectivity index (χ1v) is 13.8. The van der Waals surface area contributed by atoms with E-state index in [1.54, 1.807) is 20.8 Å². The molecule has 3 N–H and O–H groups in total. The molecule has 1 atom stereocenters. The fourth-order valence-corrected chi connectivity index (χ4v) is 4.53. The van der Waals surface area contributed by atoms with Crippen LogP contribution >= 0.6 is 0 Å². The van der Waals surface area contributed by atoms with E-state index in [4.69, 9.17) is 9.72 Å². The van der Waals surface area contributed by atoms with Gasteiger partial charge in [-0.25, -0.2) is 24.7 Å². The molecule has 228 valence electrons. The smallest absolute Gasteiger partial charge is 0.414 e. The van der Waals surface area contributed by atoms with Crippen LogP contribution in [-0.2, 0) is 4.74 Å². The fraction of sp³-hybridized carbons (Fsp3) is 0.654. The minimum absolute atomic E-state index is 0.116. The Morgan fingerprint density at radius 1 is 1.20 bits per heavy atom. The van der Waals surface area contributed by atoms with Gasteiger partial charge in [-0.2, -0.15) is 13.2 Å². The van der Waals surface area contributed by atoms with Crippen molar-refractivity contribution in [1.82, 2.24) is 25.5 Å². The zero-order chi connectivity index (χ0) is 30.2. The van der Waals surface area contributed by atoms with Crippen LogP contribution in [0.5, 0.6) is 0 Å². The number of carbonyl (C=O) groups is 1. The molecule has 1 amide bonds. The number of piperazine rings is 1. The van der Waals surface area contributed by atoms with Gasteiger partial charge >= 0.3 is 12.3 Å². The van der Waals surface area contributed by atoms with Crippen molar-refractivity contribution in [3.05, 3.63) is 12.0 Å². The minimum Gasteiger partial charge on any atom is -0.444 e. The summed E-state index contributed by atoms with van der Waals surface area (Å²) in [4.78, 5) is 34.4. The number of ether oxygens (including phenoxy) is 1. The molecule has 2 aliphatic heterocycles. The average Bonchev–Trinajstić information content (AvgIpc) is 3.23. The number of amides is 1. The summed E-state index contributed by atoms with van der Waals surface area (Å²) in [5, 5.41) is 8.95. The van der Waals surface area contributed by atoms with Crippen molar-refractivity contribution in [2.24, 2.45) is 9.98 Å². The molecule has 0 aliphatic carbocycles. The maximum absolute atomic E-state index is 13.8. The van der Waals surface area contributed by atoms with Gasteiger partial charge in [0.2, 0.25) is 5.96 Å². The van der Waals surface area contributed by atoms with Crippen molar-refractivity contribution in [3.8, 4) is 0 Å². The van der Waals surface area contributed by atoms with Gasteiger partial charge in [-0.15, -0.1) is 0 Å². The highest BCUT2D eigenvalue weighted by molar-refractivity contribution is 5.96. The highest BCUT2D eigenvalue weighted by Crippen LogP contribution is 2.42. The Morgan fingerprint density at radius 2 is 1.85 bits per heavy atom. The second kappa shape index (κ2) is 13.9. The molecule has 1 unspecified atom stereocenters. The molecule has 1 saturated heterocycles. The number of halogens is 3. The number of fused-ring (bicyclic) bond motifs is 1. The Bertz CT molecular complexity index is 1110. The van der Waals surface area contributed by atoms with Crippen molar-refractivity contribution in [1.29, 1.82) is 0 Å². The first kappa shape index (κ1) is 32.1. The largest absolute Gasteiger partial charge is 0.444 e. The molecule has 0 spiro atoms. The number of rotatable bonds is 9. The summed E-state index contributed by atoms with van der Waals surface area (Å²) in [6.45, 7) is 15.3. The molecular weight excluding hydrogens is 541 g/mol. The van der Waals surface area contributed by atoms with E-state index in [0.717, 1.165) is 12.8 Å². The lowest BCUT2D eigenvalue weighted by Crippen LogP contribution is -2.57. The second-order valence-corrected chi connectivity index (χ2v) is 10.7. The summed E-state index contributed by atoms with van der Waals surface area (Å²) in [6, 6.07) is 0. The van der Waals surface area contributed by atoms with Gasteiger partial charge in [0.15, 0.2) is 23.7 Å². The molecule has 1 fully saturated rings. The van der Waals surface area contributed by atoms with Crippen molar-refractivity contribution < 1.29 is 22.7 Å². The quantitative estimate of drug-likeness (QED) is 0.296. The van der Waals surface area contributed by atoms with E-state index in [9.17, 15) is 18.0 Å². The molecule has 3 heterocycles. The summed E-state index contributed by atoms with van der Waals surface area (Å²) >= 11 is 0. The molecule has 0 bridgehead atoms. The lowest BCUT2D eigenvalue weighted by molar-refractivity contribution is -0.121. The van der Waals surface area contributed by atoms with Crippen LogP contribution < -0.4 is 25.8 Å². The predicted molar refractivity (Wildman–Crippen MR) is 155 cm³/mol. The maximum atomic E-state index is 13.8. The van der Waals surface area contributed by atoms with Crippen molar-refractivity contribution in [2.75, 3.05) is 60.9 Å². The van der Waals surface area contributed by atoms with Gasteiger partial charge in [0.25, 0.3) is 0 Å². The fourth-order valence-electron chi connectivity index (χ4n) is 4.53. The van der Waals surface area contributed by atoms with E-state index >= 15 is 0 Å². The van der Waals surface area contributed by atoms with Crippen molar-refractivity contribution >= 4 is 42.2 Å². The molecule has 2 aliphatic rings. The third-order valence-corrected chi connectivity index (χ3v) is 6.05. The number of guanidine groups is 1. The van der Waals surface area contributed by atoms with E-state index < -0.39 is 30.7 Å². The molecule has 0 aromatic carbocycles. The van der Waals surface area contributed by atoms with Gasteiger partial charge in [0.1, 0.15) is 17.8 Å². The molecular formula is C26H41F3N10O2. The normalized spacial score (nSPS) is 18.3. The monoisotopic (exact) mass is 582 g/mol. The summed E-state index contributed by atoms with van der Waals surface area (Å²) < 4.78 is 46.7. The van der Waals surface area contributed by atoms with E-state index in [-0.39, 0.29) is 17.6 Å². The zero-order valence-electron chi connectivity index (χ0n) is 24.4. The topological polar surface area (TPSA) is 123 Å². The maximum Gasteiger partial charge on any atom is 0.414 e. The Labute approximate surface area is 239 Å². The first-order chi connectivity index (χ1) is 19.3. The SMILES string of the molecule is C=NC(=N/C=C/c1nc(N(CCC)CCC)c2c(n1)N(CC(F)(F)F)C(N1CCNCC1)N2)NC(=O)OC(C)(C)C. The van der Waals surface area contributed by atoms with E-state index in [0.29, 0.717) is 50.8 Å². The summed E-state index contributed by atoms with van der Waals surface area (Å²) in [7, 11) is 0. The molecule has 41 heavy (non-hydrogen) atoms. The molecule has 3 rings (SSSR count). The number of aliphatic imine (C=N–C) groups is 2. The van der Waals surface area contributed by atoms with Crippen LogP contribution in [0.2, 0.25) is 0 Å². The van der Waals surface area contributed by atoms with Gasteiger partial charge in [-0.3, -0.25) is 10.2 Å². The average molecular weight is 583 g/mol. The molecule has 0 radical (unpaired) electrons. The Kier molecular flexibility index (Phi) is 10.9. The lowest BCUT2D eigenvalue weighted by Gasteiger charge is -2.38. The Hall–Kier alpha value is -3.46. The number of alkyl halides is 3. The molecule has 0 saturated carbocycles. The van der Waals surface area contributed by atoms with E-state index in [2.05, 4.69) is 42.5 Å². The third kappa shape index (κ3) is 9.28. The third-order valence-electron chi connectivity index (χ3n) is 6.05. The highest BCUT2D eigenvalue weighted by Gasteiger charge is 2.43. The van der Waals surface area contributed by atoms with Crippen LogP contribution in [0.15, 0.2) is 16.2 Å². The number of anilines is 3. The van der Waals surface area contributed by atoms with Gasteiger partial charge in [0.05, 0.1) is 0 Å². The van der Waals surface area contributed by atoms with Gasteiger partial charge in [-0.1, -0.05) is 13.8 Å². The number of hydrogen-bond acceptors (Lipinski definition) is 10. The van der Waals surface area contributed by atoms with E-state index in [1.807, 2.05) is 18.7 Å². The van der Waals surface area contributed by atoms with E-state index in [1.165, 1.54) is 17.2 Å². The van der Waals surface area contributed by atoms with Crippen LogP contribution in [0.1, 0.15) is 53.3 Å². The lowest BCUT2D eigenvalue weighted by atomic mass is 10.2. The van der Waals surface area contributed by atoms with Gasteiger partial charge < -0.3 is 25.2 Å². The summed E-state index contributed by atoms with van der Waals surface area (Å²) in [5.74, 6) is 0.747. The number of carbonyl (C=O) groups excluding carboxylic acids is 1.